The van der Waals surface area contributed by atoms with E-state index in [4.69, 9.17) is 9.72 Å². The van der Waals surface area contributed by atoms with Crippen molar-refractivity contribution in [3.8, 4) is 0 Å². The number of carbonyl (C=O) groups is 1. The van der Waals surface area contributed by atoms with Crippen LogP contribution in [0.25, 0.3) is 10.9 Å². The molecule has 0 saturated carbocycles. The molecule has 1 N–H and O–H groups in total. The topological polar surface area (TPSA) is 51.2 Å². The zero-order valence-corrected chi connectivity index (χ0v) is 14.2. The largest absolute Gasteiger partial charge is 0.376 e. The van der Waals surface area contributed by atoms with Gasteiger partial charge in [-0.25, -0.2) is 0 Å². The number of aryl methyl sites for hydroxylation is 1. The number of amides is 1. The van der Waals surface area contributed by atoms with Gasteiger partial charge in [0.2, 0.25) is 0 Å². The molecule has 1 aromatic heterocycles. The van der Waals surface area contributed by atoms with Crippen LogP contribution in [0.2, 0.25) is 0 Å². The molecule has 0 unspecified atom stereocenters. The summed E-state index contributed by atoms with van der Waals surface area (Å²) in [5, 5.41) is 4.07. The van der Waals surface area contributed by atoms with E-state index in [1.165, 1.54) is 0 Å². The summed E-state index contributed by atoms with van der Waals surface area (Å²) < 4.78 is 5.63. The number of nitrogens with one attached hydrogen (secondary N) is 1. The SMILES string of the molecule is C[C@H]1CCc2nc3ccccc3c(C(=O)NC[C@H]3CCCO3)c2C1. The van der Waals surface area contributed by atoms with Crippen molar-refractivity contribution in [1.29, 1.82) is 0 Å². The quantitative estimate of drug-likeness (QED) is 0.943. The molecule has 1 fully saturated rings. The number of aromatic nitrogens is 1. The number of carbonyl (C=O) groups excluding carboxylic acids is 1. The number of nitrogens with zero attached hydrogens (tertiary/aromatic N) is 1. The van der Waals surface area contributed by atoms with Crippen LogP contribution < -0.4 is 5.32 Å². The fraction of sp³-hybridized carbons (Fsp3) is 0.500. The monoisotopic (exact) mass is 324 g/mol. The molecule has 1 amide bonds. The highest BCUT2D eigenvalue weighted by Crippen LogP contribution is 2.31. The number of hydrogen-bond donors (Lipinski definition) is 1. The Balaban J connectivity index is 1.71. The van der Waals surface area contributed by atoms with Gasteiger partial charge in [-0.15, -0.1) is 0 Å². The molecule has 1 aromatic carbocycles. The van der Waals surface area contributed by atoms with Gasteiger partial charge in [-0.3, -0.25) is 9.78 Å². The summed E-state index contributed by atoms with van der Waals surface area (Å²) in [5.41, 5.74) is 4.01. The molecular formula is C20H24N2O2. The Morgan fingerprint density at radius 3 is 3.04 bits per heavy atom. The van der Waals surface area contributed by atoms with Crippen LogP contribution in [0, 0.1) is 5.92 Å². The number of para-hydroxylation sites is 1. The summed E-state index contributed by atoms with van der Waals surface area (Å²) in [6.07, 6.45) is 5.34. The summed E-state index contributed by atoms with van der Waals surface area (Å²) in [4.78, 5) is 17.8. The molecule has 2 heterocycles. The molecule has 2 atom stereocenters. The molecule has 0 bridgehead atoms. The first-order chi connectivity index (χ1) is 11.7. The molecule has 126 valence electrons. The number of benzene rings is 1. The molecule has 0 radical (unpaired) electrons. The van der Waals surface area contributed by atoms with Gasteiger partial charge in [0.05, 0.1) is 17.2 Å². The minimum atomic E-state index is 0.0226. The molecule has 2 aromatic rings. The Labute approximate surface area is 142 Å². The number of rotatable bonds is 3. The molecule has 2 aliphatic rings. The van der Waals surface area contributed by atoms with Crippen molar-refractivity contribution < 1.29 is 9.53 Å². The summed E-state index contributed by atoms with van der Waals surface area (Å²) in [7, 11) is 0. The predicted molar refractivity (Wildman–Crippen MR) is 94.2 cm³/mol. The lowest BCUT2D eigenvalue weighted by molar-refractivity contribution is 0.0858. The smallest absolute Gasteiger partial charge is 0.252 e. The lowest BCUT2D eigenvalue weighted by atomic mass is 9.84. The number of fused-ring (bicyclic) bond motifs is 2. The van der Waals surface area contributed by atoms with E-state index in [0.717, 1.165) is 66.4 Å². The molecule has 1 aliphatic heterocycles. The molecule has 4 rings (SSSR count). The molecular weight excluding hydrogens is 300 g/mol. The first-order valence-corrected chi connectivity index (χ1v) is 9.02. The Kier molecular flexibility index (Phi) is 4.23. The van der Waals surface area contributed by atoms with Gasteiger partial charge < -0.3 is 10.1 Å². The average molecular weight is 324 g/mol. The van der Waals surface area contributed by atoms with E-state index >= 15 is 0 Å². The summed E-state index contributed by atoms with van der Waals surface area (Å²) in [6.45, 7) is 3.66. The Hall–Kier alpha value is -1.94. The number of ether oxygens (including phenoxy) is 1. The van der Waals surface area contributed by atoms with Gasteiger partial charge >= 0.3 is 0 Å². The van der Waals surface area contributed by atoms with Crippen LogP contribution >= 0.6 is 0 Å². The van der Waals surface area contributed by atoms with Crippen LogP contribution in [-0.2, 0) is 17.6 Å². The third-order valence-corrected chi connectivity index (χ3v) is 5.25. The first kappa shape index (κ1) is 15.6. The number of hydrogen-bond acceptors (Lipinski definition) is 3. The van der Waals surface area contributed by atoms with E-state index in [0.29, 0.717) is 12.5 Å². The van der Waals surface area contributed by atoms with Crippen LogP contribution in [0.5, 0.6) is 0 Å². The first-order valence-electron chi connectivity index (χ1n) is 9.02. The third kappa shape index (κ3) is 2.91. The maximum absolute atomic E-state index is 13.0. The van der Waals surface area contributed by atoms with E-state index in [-0.39, 0.29) is 12.0 Å². The van der Waals surface area contributed by atoms with Crippen LogP contribution in [-0.4, -0.2) is 30.1 Å². The van der Waals surface area contributed by atoms with Crippen molar-refractivity contribution in [2.75, 3.05) is 13.2 Å². The lowest BCUT2D eigenvalue weighted by Gasteiger charge is -2.24. The predicted octanol–water partition coefficient (Wildman–Crippen LogP) is 3.27. The molecule has 4 nitrogen and oxygen atoms in total. The standard InChI is InChI=1S/C20H24N2O2/c1-13-8-9-18-16(11-13)19(15-6-2-3-7-17(15)22-18)20(23)21-12-14-5-4-10-24-14/h2-3,6-7,13-14H,4-5,8-12H2,1H3,(H,21,23)/t13-,14+/m0/s1. The minimum absolute atomic E-state index is 0.0226. The second-order valence-corrected chi connectivity index (χ2v) is 7.12. The van der Waals surface area contributed by atoms with E-state index in [2.05, 4.69) is 12.2 Å². The third-order valence-electron chi connectivity index (χ3n) is 5.25. The molecule has 1 aliphatic carbocycles. The van der Waals surface area contributed by atoms with E-state index in [9.17, 15) is 4.79 Å². The summed E-state index contributed by atoms with van der Waals surface area (Å²) >= 11 is 0. The van der Waals surface area contributed by atoms with Gasteiger partial charge in [0.1, 0.15) is 0 Å². The van der Waals surface area contributed by atoms with Crippen molar-refractivity contribution in [2.45, 2.75) is 45.1 Å². The van der Waals surface area contributed by atoms with Crippen molar-refractivity contribution in [2.24, 2.45) is 5.92 Å². The van der Waals surface area contributed by atoms with Crippen LogP contribution in [0.4, 0.5) is 0 Å². The second-order valence-electron chi connectivity index (χ2n) is 7.12. The molecule has 1 saturated heterocycles. The van der Waals surface area contributed by atoms with Gasteiger partial charge in [0.25, 0.3) is 5.91 Å². The highest BCUT2D eigenvalue weighted by Gasteiger charge is 2.26. The fourth-order valence-corrected chi connectivity index (χ4v) is 3.92. The number of pyridine rings is 1. The molecule has 4 heteroatoms. The Morgan fingerprint density at radius 2 is 2.21 bits per heavy atom. The van der Waals surface area contributed by atoms with Crippen molar-refractivity contribution >= 4 is 16.8 Å². The van der Waals surface area contributed by atoms with Gasteiger partial charge in [-0.05, 0) is 49.7 Å². The Morgan fingerprint density at radius 1 is 1.33 bits per heavy atom. The van der Waals surface area contributed by atoms with Crippen molar-refractivity contribution in [3.05, 3.63) is 41.1 Å². The summed E-state index contributed by atoms with van der Waals surface area (Å²) in [6, 6.07) is 7.99. The van der Waals surface area contributed by atoms with Crippen LogP contribution in [0.3, 0.4) is 0 Å². The lowest BCUT2D eigenvalue weighted by Crippen LogP contribution is -2.33. The van der Waals surface area contributed by atoms with Gasteiger partial charge in [-0.1, -0.05) is 25.1 Å². The van der Waals surface area contributed by atoms with Crippen molar-refractivity contribution in [3.63, 3.8) is 0 Å². The minimum Gasteiger partial charge on any atom is -0.376 e. The Bertz CT molecular complexity index is 766. The van der Waals surface area contributed by atoms with Crippen molar-refractivity contribution in [1.82, 2.24) is 10.3 Å². The van der Waals surface area contributed by atoms with Gasteiger partial charge in [0, 0.05) is 24.2 Å². The van der Waals surface area contributed by atoms with E-state index in [1.807, 2.05) is 24.3 Å². The molecule has 0 spiro atoms. The second kappa shape index (κ2) is 6.52. The summed E-state index contributed by atoms with van der Waals surface area (Å²) in [5.74, 6) is 0.625. The zero-order chi connectivity index (χ0) is 16.5. The molecule has 24 heavy (non-hydrogen) atoms. The normalized spacial score (nSPS) is 23.2. The van der Waals surface area contributed by atoms with Crippen LogP contribution in [0.15, 0.2) is 24.3 Å². The van der Waals surface area contributed by atoms with Gasteiger partial charge in [0.15, 0.2) is 0 Å². The maximum Gasteiger partial charge on any atom is 0.252 e. The maximum atomic E-state index is 13.0. The average Bonchev–Trinajstić information content (AvgIpc) is 3.11. The zero-order valence-electron chi connectivity index (χ0n) is 14.2. The highest BCUT2D eigenvalue weighted by atomic mass is 16.5. The van der Waals surface area contributed by atoms with E-state index in [1.54, 1.807) is 0 Å². The van der Waals surface area contributed by atoms with Crippen LogP contribution in [0.1, 0.15) is 47.8 Å². The highest BCUT2D eigenvalue weighted by molar-refractivity contribution is 6.07. The fourth-order valence-electron chi connectivity index (χ4n) is 3.92. The van der Waals surface area contributed by atoms with E-state index < -0.39 is 0 Å². The van der Waals surface area contributed by atoms with Gasteiger partial charge in [-0.2, -0.15) is 0 Å².